The third kappa shape index (κ3) is 4.06. The van der Waals surface area contributed by atoms with Gasteiger partial charge in [0, 0.05) is 12.3 Å². The number of hydrogen-bond donors (Lipinski definition) is 0. The van der Waals surface area contributed by atoms with Gasteiger partial charge in [0.05, 0.1) is 0 Å². The number of rotatable bonds is 5. The van der Waals surface area contributed by atoms with Gasteiger partial charge in [0.2, 0.25) is 5.92 Å². The van der Waals surface area contributed by atoms with Gasteiger partial charge in [0.25, 0.3) is 0 Å². The molecule has 0 rings (SSSR count). The number of carbonyl (C=O) groups is 1. The third-order valence-electron chi connectivity index (χ3n) is 1.73. The molecule has 0 aliphatic rings. The first-order valence-corrected chi connectivity index (χ1v) is 3.83. The average Bonchev–Trinajstić information content (AvgIpc) is 1.85. The van der Waals surface area contributed by atoms with Crippen molar-refractivity contribution in [2.75, 3.05) is 0 Å². The van der Waals surface area contributed by atoms with Crippen LogP contribution in [0.4, 0.5) is 8.78 Å². The van der Waals surface area contributed by atoms with Crippen molar-refractivity contribution in [1.29, 1.82) is 0 Å². The van der Waals surface area contributed by atoms with Crippen LogP contribution in [0.5, 0.6) is 0 Å². The molecule has 0 aliphatic carbocycles. The second-order valence-electron chi connectivity index (χ2n) is 2.84. The molecule has 3 heteroatoms. The Labute approximate surface area is 65.8 Å². The van der Waals surface area contributed by atoms with Crippen LogP contribution in [-0.2, 0) is 4.79 Å². The summed E-state index contributed by atoms with van der Waals surface area (Å²) >= 11 is 0. The Hall–Kier alpha value is -0.470. The van der Waals surface area contributed by atoms with E-state index < -0.39 is 11.8 Å². The van der Waals surface area contributed by atoms with E-state index in [1.807, 2.05) is 6.92 Å². The van der Waals surface area contributed by atoms with Crippen LogP contribution in [0, 0.1) is 5.92 Å². The zero-order valence-electron chi connectivity index (χ0n) is 6.94. The van der Waals surface area contributed by atoms with Crippen molar-refractivity contribution in [3.63, 3.8) is 0 Å². The van der Waals surface area contributed by atoms with Crippen LogP contribution in [0.2, 0.25) is 0 Å². The topological polar surface area (TPSA) is 17.1 Å². The molecular weight excluding hydrogens is 150 g/mol. The van der Waals surface area contributed by atoms with E-state index >= 15 is 0 Å². The first kappa shape index (κ1) is 10.5. The van der Waals surface area contributed by atoms with Crippen molar-refractivity contribution in [2.45, 2.75) is 39.0 Å². The van der Waals surface area contributed by atoms with E-state index in [1.54, 1.807) is 0 Å². The van der Waals surface area contributed by atoms with Crippen LogP contribution in [0.15, 0.2) is 0 Å². The minimum atomic E-state index is -2.71. The summed E-state index contributed by atoms with van der Waals surface area (Å²) in [5.74, 6) is -3.48. The predicted octanol–water partition coefficient (Wildman–Crippen LogP) is 2.65. The van der Waals surface area contributed by atoms with Gasteiger partial charge in [-0.2, -0.15) is 0 Å². The SMILES string of the molecule is CCCC(CC=O)C(C)(F)F. The van der Waals surface area contributed by atoms with E-state index in [1.165, 1.54) is 0 Å². The molecule has 0 bridgehead atoms. The average molecular weight is 164 g/mol. The number of carbonyl (C=O) groups excluding carboxylic acids is 1. The van der Waals surface area contributed by atoms with E-state index in [0.29, 0.717) is 19.1 Å². The molecule has 1 unspecified atom stereocenters. The van der Waals surface area contributed by atoms with Gasteiger partial charge in [-0.25, -0.2) is 8.78 Å². The minimum absolute atomic E-state index is 0.0304. The number of alkyl halides is 2. The van der Waals surface area contributed by atoms with Gasteiger partial charge in [-0.3, -0.25) is 0 Å². The first-order valence-electron chi connectivity index (χ1n) is 3.83. The molecule has 1 atom stereocenters. The molecule has 0 spiro atoms. The highest BCUT2D eigenvalue weighted by Crippen LogP contribution is 2.29. The standard InChI is InChI=1S/C8H14F2O/c1-3-4-7(5-6-11)8(2,9)10/h6-7H,3-5H2,1-2H3. The van der Waals surface area contributed by atoms with Crippen molar-refractivity contribution in [3.05, 3.63) is 0 Å². The lowest BCUT2D eigenvalue weighted by molar-refractivity contribution is -0.113. The highest BCUT2D eigenvalue weighted by Gasteiger charge is 2.32. The van der Waals surface area contributed by atoms with E-state index in [-0.39, 0.29) is 6.42 Å². The molecule has 0 aromatic heterocycles. The first-order chi connectivity index (χ1) is 5.02. The maximum absolute atomic E-state index is 12.6. The Morgan fingerprint density at radius 2 is 2.09 bits per heavy atom. The van der Waals surface area contributed by atoms with Gasteiger partial charge in [-0.15, -0.1) is 0 Å². The lowest BCUT2D eigenvalue weighted by atomic mass is 9.94. The van der Waals surface area contributed by atoms with Gasteiger partial charge in [0.15, 0.2) is 0 Å². The maximum Gasteiger partial charge on any atom is 0.248 e. The Kier molecular flexibility index (Phi) is 4.23. The van der Waals surface area contributed by atoms with Crippen LogP contribution in [-0.4, -0.2) is 12.2 Å². The minimum Gasteiger partial charge on any atom is -0.303 e. The highest BCUT2D eigenvalue weighted by molar-refractivity contribution is 5.49. The number of halogens is 2. The van der Waals surface area contributed by atoms with Crippen molar-refractivity contribution in [3.8, 4) is 0 Å². The molecule has 0 saturated heterocycles. The summed E-state index contributed by atoms with van der Waals surface area (Å²) in [5.41, 5.74) is 0. The molecular formula is C8H14F2O. The van der Waals surface area contributed by atoms with Crippen molar-refractivity contribution in [1.82, 2.24) is 0 Å². The van der Waals surface area contributed by atoms with Gasteiger partial charge in [-0.05, 0) is 13.3 Å². The fraction of sp³-hybridized carbons (Fsp3) is 0.875. The summed E-state index contributed by atoms with van der Waals surface area (Å²) in [7, 11) is 0. The molecule has 0 aromatic carbocycles. The zero-order valence-corrected chi connectivity index (χ0v) is 6.94. The van der Waals surface area contributed by atoms with Gasteiger partial charge in [-0.1, -0.05) is 13.3 Å². The highest BCUT2D eigenvalue weighted by atomic mass is 19.3. The quantitative estimate of drug-likeness (QED) is 0.571. The third-order valence-corrected chi connectivity index (χ3v) is 1.73. The molecule has 0 aromatic rings. The molecule has 0 heterocycles. The molecule has 0 N–H and O–H groups in total. The Morgan fingerprint density at radius 3 is 2.36 bits per heavy atom. The summed E-state index contributed by atoms with van der Waals surface area (Å²) < 4.78 is 25.2. The molecule has 1 nitrogen and oxygen atoms in total. The summed E-state index contributed by atoms with van der Waals surface area (Å²) in [6, 6.07) is 0. The van der Waals surface area contributed by atoms with Crippen LogP contribution < -0.4 is 0 Å². The second-order valence-corrected chi connectivity index (χ2v) is 2.84. The Bertz CT molecular complexity index is 118. The fourth-order valence-corrected chi connectivity index (χ4v) is 1.04. The molecule has 0 fully saturated rings. The van der Waals surface area contributed by atoms with Crippen molar-refractivity contribution < 1.29 is 13.6 Å². The fourth-order valence-electron chi connectivity index (χ4n) is 1.04. The zero-order chi connectivity index (χ0) is 8.91. The molecule has 0 saturated carbocycles. The smallest absolute Gasteiger partial charge is 0.248 e. The van der Waals surface area contributed by atoms with Crippen LogP contribution in [0.3, 0.4) is 0 Å². The van der Waals surface area contributed by atoms with Crippen LogP contribution in [0.1, 0.15) is 33.1 Å². The summed E-state index contributed by atoms with van der Waals surface area (Å²) in [4.78, 5) is 10.0. The van der Waals surface area contributed by atoms with Gasteiger partial charge < -0.3 is 4.79 Å². The lowest BCUT2D eigenvalue weighted by Gasteiger charge is -2.20. The molecule has 11 heavy (non-hydrogen) atoms. The van der Waals surface area contributed by atoms with Crippen molar-refractivity contribution in [2.24, 2.45) is 5.92 Å². The molecule has 0 radical (unpaired) electrons. The maximum atomic E-state index is 12.6. The normalized spacial score (nSPS) is 14.5. The van der Waals surface area contributed by atoms with E-state index in [0.717, 1.165) is 6.92 Å². The summed E-state index contributed by atoms with van der Waals surface area (Å²) in [6.45, 7) is 2.71. The van der Waals surface area contributed by atoms with Gasteiger partial charge in [0.1, 0.15) is 6.29 Å². The summed E-state index contributed by atoms with van der Waals surface area (Å²) in [5, 5.41) is 0. The van der Waals surface area contributed by atoms with Crippen LogP contribution >= 0.6 is 0 Å². The van der Waals surface area contributed by atoms with Crippen LogP contribution in [0.25, 0.3) is 0 Å². The molecule has 66 valence electrons. The van der Waals surface area contributed by atoms with Crippen molar-refractivity contribution >= 4 is 6.29 Å². The summed E-state index contributed by atoms with van der Waals surface area (Å²) in [6.07, 6.45) is 1.65. The Balaban J connectivity index is 3.97. The lowest BCUT2D eigenvalue weighted by Crippen LogP contribution is -2.24. The molecule has 0 aliphatic heterocycles. The second kappa shape index (κ2) is 4.42. The van der Waals surface area contributed by atoms with E-state index in [2.05, 4.69) is 0 Å². The Morgan fingerprint density at radius 1 is 1.55 bits per heavy atom. The van der Waals surface area contributed by atoms with Gasteiger partial charge >= 0.3 is 0 Å². The van der Waals surface area contributed by atoms with E-state index in [9.17, 15) is 13.6 Å². The number of hydrogen-bond acceptors (Lipinski definition) is 1. The molecule has 0 amide bonds. The number of aldehydes is 1. The van der Waals surface area contributed by atoms with E-state index in [4.69, 9.17) is 0 Å². The predicted molar refractivity (Wildman–Crippen MR) is 39.7 cm³/mol. The monoisotopic (exact) mass is 164 g/mol. The largest absolute Gasteiger partial charge is 0.303 e.